The fraction of sp³-hybridized carbons (Fsp3) is 0.364. The highest BCUT2D eigenvalue weighted by atomic mass is 32.2. The molecule has 3 heterocycles. The van der Waals surface area contributed by atoms with Crippen molar-refractivity contribution in [3.63, 3.8) is 0 Å². The summed E-state index contributed by atoms with van der Waals surface area (Å²) in [6, 6.07) is 14.4. The third kappa shape index (κ3) is 3.79. The zero-order chi connectivity index (χ0) is 20.3. The summed E-state index contributed by atoms with van der Waals surface area (Å²) in [5.41, 5.74) is 1.09. The van der Waals surface area contributed by atoms with Gasteiger partial charge in [0, 0.05) is 6.04 Å². The maximum absolute atomic E-state index is 5.67. The summed E-state index contributed by atoms with van der Waals surface area (Å²) in [5, 5.41) is 13.8. The van der Waals surface area contributed by atoms with E-state index in [-0.39, 0.29) is 5.25 Å². The van der Waals surface area contributed by atoms with Gasteiger partial charge < -0.3 is 8.94 Å². The number of rotatable bonds is 6. The molecular weight excluding hydrogens is 398 g/mol. The zero-order valence-corrected chi connectivity index (χ0v) is 17.6. The average molecular weight is 422 g/mol. The molecule has 0 N–H and O–H groups in total. The molecule has 1 fully saturated rings. The summed E-state index contributed by atoms with van der Waals surface area (Å²) < 4.78 is 13.5. The van der Waals surface area contributed by atoms with Crippen molar-refractivity contribution in [2.24, 2.45) is 0 Å². The second-order valence-corrected chi connectivity index (χ2v) is 8.61. The predicted molar refractivity (Wildman–Crippen MR) is 113 cm³/mol. The lowest BCUT2D eigenvalue weighted by Gasteiger charge is -2.25. The van der Waals surface area contributed by atoms with Crippen molar-refractivity contribution in [1.82, 2.24) is 24.9 Å². The molecule has 1 atom stereocenters. The van der Waals surface area contributed by atoms with Crippen LogP contribution in [-0.4, -0.2) is 24.9 Å². The Labute approximate surface area is 178 Å². The third-order valence-electron chi connectivity index (χ3n) is 5.44. The highest BCUT2D eigenvalue weighted by Crippen LogP contribution is 2.43. The van der Waals surface area contributed by atoms with Gasteiger partial charge in [-0.05, 0) is 37.5 Å². The Morgan fingerprint density at radius 1 is 1.03 bits per heavy atom. The van der Waals surface area contributed by atoms with Crippen LogP contribution in [0.4, 0.5) is 0 Å². The van der Waals surface area contributed by atoms with Gasteiger partial charge in [0.05, 0.1) is 6.26 Å². The van der Waals surface area contributed by atoms with Gasteiger partial charge in [0.2, 0.25) is 11.7 Å². The lowest BCUT2D eigenvalue weighted by Crippen LogP contribution is -2.15. The van der Waals surface area contributed by atoms with Crippen LogP contribution in [-0.2, 0) is 0 Å². The summed E-state index contributed by atoms with van der Waals surface area (Å²) >= 11 is 1.60. The second kappa shape index (κ2) is 8.47. The van der Waals surface area contributed by atoms with Crippen molar-refractivity contribution in [1.29, 1.82) is 0 Å². The number of aromatic nitrogens is 5. The topological polar surface area (TPSA) is 82.8 Å². The molecule has 3 aromatic heterocycles. The summed E-state index contributed by atoms with van der Waals surface area (Å²) in [6.07, 6.45) is 7.64. The van der Waals surface area contributed by atoms with Crippen LogP contribution in [0.3, 0.4) is 0 Å². The van der Waals surface area contributed by atoms with Gasteiger partial charge in [0.15, 0.2) is 16.7 Å². The van der Waals surface area contributed by atoms with Crippen LogP contribution >= 0.6 is 11.8 Å². The van der Waals surface area contributed by atoms with Gasteiger partial charge in [0.1, 0.15) is 5.25 Å². The van der Waals surface area contributed by atoms with Crippen LogP contribution in [0.2, 0.25) is 0 Å². The Morgan fingerprint density at radius 2 is 1.87 bits per heavy atom. The van der Waals surface area contributed by atoms with E-state index >= 15 is 0 Å². The molecule has 4 aromatic rings. The SMILES string of the molecule is Cc1noc([C@H](Sc2nnc(-c3ccco3)n2C2CCCCC2)c2ccccc2)n1. The summed E-state index contributed by atoms with van der Waals surface area (Å²) in [7, 11) is 0. The lowest BCUT2D eigenvalue weighted by atomic mass is 9.95. The van der Waals surface area contributed by atoms with Gasteiger partial charge >= 0.3 is 0 Å². The third-order valence-corrected chi connectivity index (χ3v) is 6.64. The standard InChI is InChI=1S/C22H23N5O2S/c1-15-23-21(29-26-15)19(16-9-4-2-5-10-16)30-22-25-24-20(18-13-8-14-28-18)27(22)17-11-6-3-7-12-17/h2,4-5,8-10,13-14,17,19H,3,6-7,11-12H2,1H3/t19-/m1/s1. The monoisotopic (exact) mass is 421 g/mol. The van der Waals surface area contributed by atoms with Gasteiger partial charge in [-0.1, -0.05) is 66.5 Å². The molecule has 0 unspecified atom stereocenters. The van der Waals surface area contributed by atoms with Gasteiger partial charge in [-0.25, -0.2) is 0 Å². The maximum Gasteiger partial charge on any atom is 0.244 e. The van der Waals surface area contributed by atoms with E-state index in [1.165, 1.54) is 19.3 Å². The fourth-order valence-corrected chi connectivity index (χ4v) is 5.15. The minimum atomic E-state index is -0.164. The first-order chi connectivity index (χ1) is 14.8. The highest BCUT2D eigenvalue weighted by molar-refractivity contribution is 7.99. The van der Waals surface area contributed by atoms with Crippen LogP contribution in [0.1, 0.15) is 60.7 Å². The number of nitrogens with zero attached hydrogens (tertiary/aromatic N) is 5. The molecule has 0 aliphatic heterocycles. The van der Waals surface area contributed by atoms with Crippen molar-refractivity contribution in [3.8, 4) is 11.6 Å². The van der Waals surface area contributed by atoms with E-state index in [0.29, 0.717) is 17.8 Å². The van der Waals surface area contributed by atoms with Crippen LogP contribution < -0.4 is 0 Å². The second-order valence-electron chi connectivity index (χ2n) is 7.53. The van der Waals surface area contributed by atoms with E-state index < -0.39 is 0 Å². The van der Waals surface area contributed by atoms with Gasteiger partial charge in [0.25, 0.3) is 0 Å². The van der Waals surface area contributed by atoms with E-state index in [2.05, 4.69) is 37.0 Å². The van der Waals surface area contributed by atoms with Gasteiger partial charge in [-0.15, -0.1) is 10.2 Å². The first-order valence-electron chi connectivity index (χ1n) is 10.3. The first-order valence-corrected chi connectivity index (χ1v) is 11.2. The molecule has 8 heteroatoms. The van der Waals surface area contributed by atoms with Crippen molar-refractivity contribution in [3.05, 3.63) is 66.0 Å². The molecule has 0 spiro atoms. The lowest BCUT2D eigenvalue weighted by molar-refractivity contribution is 0.337. The highest BCUT2D eigenvalue weighted by Gasteiger charge is 2.29. The minimum absolute atomic E-state index is 0.164. The molecule has 1 saturated carbocycles. The molecule has 30 heavy (non-hydrogen) atoms. The van der Waals surface area contributed by atoms with Crippen molar-refractivity contribution in [2.45, 2.75) is 55.5 Å². The Morgan fingerprint density at radius 3 is 2.57 bits per heavy atom. The van der Waals surface area contributed by atoms with E-state index in [0.717, 1.165) is 35.1 Å². The number of thioether (sulfide) groups is 1. The molecule has 0 amide bonds. The van der Waals surface area contributed by atoms with Crippen molar-refractivity contribution < 1.29 is 8.94 Å². The maximum atomic E-state index is 5.67. The van der Waals surface area contributed by atoms with Gasteiger partial charge in [-0.2, -0.15) is 4.98 Å². The molecule has 0 bridgehead atoms. The Kier molecular flexibility index (Phi) is 5.40. The van der Waals surface area contributed by atoms with Crippen LogP contribution in [0.5, 0.6) is 0 Å². The number of hydrogen-bond donors (Lipinski definition) is 0. The Balaban J connectivity index is 1.56. The molecule has 1 aliphatic rings. The van der Waals surface area contributed by atoms with Crippen LogP contribution in [0, 0.1) is 6.92 Å². The molecule has 5 rings (SSSR count). The summed E-state index contributed by atoms with van der Waals surface area (Å²) in [5.74, 6) is 2.71. The van der Waals surface area contributed by atoms with E-state index in [1.807, 2.05) is 37.3 Å². The smallest absolute Gasteiger partial charge is 0.244 e. The number of aryl methyl sites for hydroxylation is 1. The summed E-state index contributed by atoms with van der Waals surface area (Å²) in [4.78, 5) is 4.51. The molecule has 1 aliphatic carbocycles. The van der Waals surface area contributed by atoms with Crippen LogP contribution in [0.15, 0.2) is 62.8 Å². The van der Waals surface area contributed by atoms with Crippen molar-refractivity contribution >= 4 is 11.8 Å². The zero-order valence-electron chi connectivity index (χ0n) is 16.8. The predicted octanol–water partition coefficient (Wildman–Crippen LogP) is 5.62. The molecule has 154 valence electrons. The van der Waals surface area contributed by atoms with Crippen LogP contribution in [0.25, 0.3) is 11.6 Å². The largest absolute Gasteiger partial charge is 0.461 e. The number of furan rings is 1. The Hall–Kier alpha value is -2.87. The Bertz CT molecular complexity index is 1080. The summed E-state index contributed by atoms with van der Waals surface area (Å²) in [6.45, 7) is 1.83. The average Bonchev–Trinajstić information content (AvgIpc) is 3.54. The minimum Gasteiger partial charge on any atom is -0.461 e. The number of benzene rings is 1. The first kappa shape index (κ1) is 19.1. The molecule has 0 radical (unpaired) electrons. The van der Waals surface area contributed by atoms with E-state index in [4.69, 9.17) is 8.94 Å². The van der Waals surface area contributed by atoms with E-state index in [9.17, 15) is 0 Å². The quantitative estimate of drug-likeness (QED) is 0.374. The molecule has 7 nitrogen and oxygen atoms in total. The molecular formula is C22H23N5O2S. The normalized spacial score (nSPS) is 16.0. The fourth-order valence-electron chi connectivity index (χ4n) is 4.01. The van der Waals surface area contributed by atoms with Crippen molar-refractivity contribution in [2.75, 3.05) is 0 Å². The van der Waals surface area contributed by atoms with Gasteiger partial charge in [-0.3, -0.25) is 4.57 Å². The number of hydrogen-bond acceptors (Lipinski definition) is 7. The molecule has 0 saturated heterocycles. The van der Waals surface area contributed by atoms with E-state index in [1.54, 1.807) is 18.0 Å². The molecule has 1 aromatic carbocycles.